The second-order valence-corrected chi connectivity index (χ2v) is 6.63. The van der Waals surface area contributed by atoms with Crippen molar-refractivity contribution in [3.63, 3.8) is 0 Å². The zero-order valence-electron chi connectivity index (χ0n) is 10.8. The summed E-state index contributed by atoms with van der Waals surface area (Å²) in [5.41, 5.74) is 0.519. The predicted octanol–water partition coefficient (Wildman–Crippen LogP) is 3.30. The summed E-state index contributed by atoms with van der Waals surface area (Å²) in [6, 6.07) is 3.34. The maximum absolute atomic E-state index is 11.9. The van der Waals surface area contributed by atoms with E-state index < -0.39 is 0 Å². The Hall–Kier alpha value is -1.44. The van der Waals surface area contributed by atoms with Gasteiger partial charge >= 0.3 is 0 Å². The standard InChI is InChI=1S/C13H11ClN2O3S2/c14-8-5-10-11(19-3-2-18-10)6-9(8)16-12(17)7-21-13-15-1-4-20-13/h1,4-6H,2-3,7H2,(H,16,17). The number of thiazole rings is 1. The van der Waals surface area contributed by atoms with Crippen LogP contribution in [0.15, 0.2) is 28.0 Å². The van der Waals surface area contributed by atoms with Gasteiger partial charge in [0, 0.05) is 23.7 Å². The first-order valence-corrected chi connectivity index (χ1v) is 8.38. The Morgan fingerprint density at radius 1 is 1.38 bits per heavy atom. The molecule has 2 heterocycles. The van der Waals surface area contributed by atoms with Gasteiger partial charge in [-0.3, -0.25) is 4.79 Å². The van der Waals surface area contributed by atoms with E-state index in [9.17, 15) is 4.79 Å². The number of carbonyl (C=O) groups excluding carboxylic acids is 1. The molecule has 21 heavy (non-hydrogen) atoms. The van der Waals surface area contributed by atoms with Crippen molar-refractivity contribution in [1.29, 1.82) is 0 Å². The van der Waals surface area contributed by atoms with Crippen LogP contribution >= 0.6 is 34.7 Å². The average molecular weight is 343 g/mol. The second kappa shape index (κ2) is 6.55. The normalized spacial score (nSPS) is 13.0. The first kappa shape index (κ1) is 14.5. The third-order valence-electron chi connectivity index (χ3n) is 2.64. The number of aromatic nitrogens is 1. The molecule has 8 heteroatoms. The molecule has 1 aromatic heterocycles. The van der Waals surface area contributed by atoms with Gasteiger partial charge in [0.05, 0.1) is 16.5 Å². The quantitative estimate of drug-likeness (QED) is 0.864. The van der Waals surface area contributed by atoms with Gasteiger partial charge in [0.15, 0.2) is 11.5 Å². The van der Waals surface area contributed by atoms with E-state index in [4.69, 9.17) is 21.1 Å². The summed E-state index contributed by atoms with van der Waals surface area (Å²) in [5.74, 6) is 1.32. The maximum atomic E-state index is 11.9. The molecule has 0 spiro atoms. The van der Waals surface area contributed by atoms with E-state index in [-0.39, 0.29) is 11.7 Å². The topological polar surface area (TPSA) is 60.5 Å². The average Bonchev–Trinajstić information content (AvgIpc) is 2.99. The molecule has 1 amide bonds. The van der Waals surface area contributed by atoms with Gasteiger partial charge in [-0.25, -0.2) is 4.98 Å². The van der Waals surface area contributed by atoms with E-state index in [1.807, 2.05) is 5.38 Å². The van der Waals surface area contributed by atoms with Crippen LogP contribution < -0.4 is 14.8 Å². The molecule has 1 N–H and O–H groups in total. The fraction of sp³-hybridized carbons (Fsp3) is 0.231. The first-order chi connectivity index (χ1) is 10.2. The Kier molecular flexibility index (Phi) is 4.52. The number of halogens is 1. The lowest BCUT2D eigenvalue weighted by molar-refractivity contribution is -0.113. The summed E-state index contributed by atoms with van der Waals surface area (Å²) in [7, 11) is 0. The minimum atomic E-state index is -0.145. The van der Waals surface area contributed by atoms with Crippen LogP contribution in [0.5, 0.6) is 11.5 Å². The number of hydrogen-bond acceptors (Lipinski definition) is 6. The van der Waals surface area contributed by atoms with Crippen molar-refractivity contribution < 1.29 is 14.3 Å². The van der Waals surface area contributed by atoms with Crippen molar-refractivity contribution in [3.05, 3.63) is 28.7 Å². The Labute approximate surface area is 134 Å². The molecule has 0 aliphatic carbocycles. The monoisotopic (exact) mass is 342 g/mol. The predicted molar refractivity (Wildman–Crippen MR) is 83.9 cm³/mol. The third-order valence-corrected chi connectivity index (χ3v) is 4.92. The van der Waals surface area contributed by atoms with E-state index in [0.29, 0.717) is 35.4 Å². The van der Waals surface area contributed by atoms with Gasteiger partial charge in [-0.05, 0) is 0 Å². The van der Waals surface area contributed by atoms with Gasteiger partial charge < -0.3 is 14.8 Å². The van der Waals surface area contributed by atoms with Crippen LogP contribution in [-0.2, 0) is 4.79 Å². The molecule has 1 aromatic carbocycles. The maximum Gasteiger partial charge on any atom is 0.234 e. The first-order valence-electron chi connectivity index (χ1n) is 6.13. The molecule has 0 saturated heterocycles. The molecule has 0 saturated carbocycles. The lowest BCUT2D eigenvalue weighted by Crippen LogP contribution is -2.17. The number of amides is 1. The van der Waals surface area contributed by atoms with Crippen LogP contribution in [0.4, 0.5) is 5.69 Å². The highest BCUT2D eigenvalue weighted by atomic mass is 35.5. The number of hydrogen-bond donors (Lipinski definition) is 1. The minimum absolute atomic E-state index is 0.145. The summed E-state index contributed by atoms with van der Waals surface area (Å²) >= 11 is 9.03. The molecule has 0 bridgehead atoms. The molecule has 110 valence electrons. The zero-order chi connectivity index (χ0) is 14.7. The van der Waals surface area contributed by atoms with E-state index in [0.717, 1.165) is 4.34 Å². The zero-order valence-corrected chi connectivity index (χ0v) is 13.2. The molecule has 0 fully saturated rings. The molecule has 3 rings (SSSR count). The highest BCUT2D eigenvalue weighted by Gasteiger charge is 2.16. The number of nitrogens with one attached hydrogen (secondary N) is 1. The van der Waals surface area contributed by atoms with Crippen molar-refractivity contribution in [2.45, 2.75) is 4.34 Å². The molecule has 1 aliphatic rings. The van der Waals surface area contributed by atoms with Crippen molar-refractivity contribution in [3.8, 4) is 11.5 Å². The van der Waals surface area contributed by atoms with Crippen LogP contribution in [-0.4, -0.2) is 29.9 Å². The number of anilines is 1. The van der Waals surface area contributed by atoms with Gasteiger partial charge in [0.25, 0.3) is 0 Å². The number of benzene rings is 1. The summed E-state index contributed by atoms with van der Waals surface area (Å²) < 4.78 is 11.8. The number of thioether (sulfide) groups is 1. The van der Waals surface area contributed by atoms with Crippen molar-refractivity contribution in [1.82, 2.24) is 4.98 Å². The lowest BCUT2D eigenvalue weighted by atomic mass is 10.2. The molecule has 2 aromatic rings. The number of rotatable bonds is 4. The summed E-state index contributed by atoms with van der Waals surface area (Å²) in [6.07, 6.45) is 1.71. The summed E-state index contributed by atoms with van der Waals surface area (Å²) in [5, 5.41) is 5.07. The minimum Gasteiger partial charge on any atom is -0.486 e. The van der Waals surface area contributed by atoms with Crippen molar-refractivity contribution in [2.75, 3.05) is 24.3 Å². The van der Waals surface area contributed by atoms with Gasteiger partial charge in [0.2, 0.25) is 5.91 Å². The van der Waals surface area contributed by atoms with Crippen LogP contribution in [0.25, 0.3) is 0 Å². The Balaban J connectivity index is 1.65. The molecule has 0 radical (unpaired) electrons. The van der Waals surface area contributed by atoms with Gasteiger partial charge in [-0.2, -0.15) is 0 Å². The third kappa shape index (κ3) is 3.61. The number of ether oxygens (including phenoxy) is 2. The fourth-order valence-electron chi connectivity index (χ4n) is 1.75. The Bertz CT molecular complexity index is 649. The van der Waals surface area contributed by atoms with Gasteiger partial charge in [0.1, 0.15) is 17.6 Å². The van der Waals surface area contributed by atoms with E-state index in [2.05, 4.69) is 10.3 Å². The number of carbonyl (C=O) groups is 1. The SMILES string of the molecule is O=C(CSc1nccs1)Nc1cc2c(cc1Cl)OCCO2. The largest absolute Gasteiger partial charge is 0.486 e. The summed E-state index contributed by atoms with van der Waals surface area (Å²) in [6.45, 7) is 0.988. The van der Waals surface area contributed by atoms with Crippen LogP contribution in [0.3, 0.4) is 0 Å². The molecule has 0 atom stereocenters. The van der Waals surface area contributed by atoms with E-state index in [1.54, 1.807) is 18.3 Å². The van der Waals surface area contributed by atoms with Crippen molar-refractivity contribution >= 4 is 46.3 Å². The second-order valence-electron chi connectivity index (χ2n) is 4.11. The van der Waals surface area contributed by atoms with Crippen LogP contribution in [0, 0.1) is 0 Å². The van der Waals surface area contributed by atoms with E-state index >= 15 is 0 Å². The molecule has 5 nitrogen and oxygen atoms in total. The molecule has 0 unspecified atom stereocenters. The number of nitrogens with zero attached hydrogens (tertiary/aromatic N) is 1. The fourth-order valence-corrected chi connectivity index (χ4v) is 3.39. The van der Waals surface area contributed by atoms with Gasteiger partial charge in [-0.1, -0.05) is 23.4 Å². The Morgan fingerprint density at radius 2 is 2.14 bits per heavy atom. The molecular formula is C13H11ClN2O3S2. The van der Waals surface area contributed by atoms with E-state index in [1.165, 1.54) is 23.1 Å². The Morgan fingerprint density at radius 3 is 2.86 bits per heavy atom. The van der Waals surface area contributed by atoms with Crippen LogP contribution in [0.2, 0.25) is 5.02 Å². The molecule has 1 aliphatic heterocycles. The highest BCUT2D eigenvalue weighted by Crippen LogP contribution is 2.38. The highest BCUT2D eigenvalue weighted by molar-refractivity contribution is 8.01. The van der Waals surface area contributed by atoms with Crippen molar-refractivity contribution in [2.24, 2.45) is 0 Å². The molecular weight excluding hydrogens is 332 g/mol. The lowest BCUT2D eigenvalue weighted by Gasteiger charge is -2.19. The smallest absolute Gasteiger partial charge is 0.234 e. The number of fused-ring (bicyclic) bond motifs is 1. The van der Waals surface area contributed by atoms with Gasteiger partial charge in [-0.15, -0.1) is 11.3 Å². The summed E-state index contributed by atoms with van der Waals surface area (Å²) in [4.78, 5) is 16.1. The van der Waals surface area contributed by atoms with Crippen LogP contribution in [0.1, 0.15) is 0 Å².